The number of hydrogen-bond acceptors (Lipinski definition) is 4. The summed E-state index contributed by atoms with van der Waals surface area (Å²) < 4.78 is 1.37. The minimum absolute atomic E-state index is 0.00645. The highest BCUT2D eigenvalue weighted by Gasteiger charge is 2.45. The molecular weight excluding hydrogens is 463 g/mol. The molecule has 1 aliphatic rings. The molecule has 1 aliphatic carbocycles. The molecule has 0 radical (unpaired) electrons. The molecule has 4 rings (SSSR count). The molecule has 2 aromatic carbocycles. The lowest BCUT2D eigenvalue weighted by Crippen LogP contribution is -2.49. The number of carbonyl (C=O) groups is 1. The van der Waals surface area contributed by atoms with Crippen molar-refractivity contribution < 1.29 is 9.90 Å². The van der Waals surface area contributed by atoms with Gasteiger partial charge >= 0.3 is 6.09 Å². The Morgan fingerprint density at radius 2 is 1.91 bits per heavy atom. The third-order valence-electron chi connectivity index (χ3n) is 5.72. The fourth-order valence-electron chi connectivity index (χ4n) is 4.17. The number of aromatic nitrogens is 2. The molecule has 0 saturated heterocycles. The van der Waals surface area contributed by atoms with Crippen LogP contribution >= 0.6 is 23.2 Å². The molecule has 1 amide bonds. The van der Waals surface area contributed by atoms with Crippen LogP contribution in [0.4, 0.5) is 4.79 Å². The third-order valence-corrected chi connectivity index (χ3v) is 6.34. The third kappa shape index (κ3) is 4.17. The van der Waals surface area contributed by atoms with Crippen LogP contribution in [0.25, 0.3) is 16.6 Å². The number of rotatable bonds is 4. The summed E-state index contributed by atoms with van der Waals surface area (Å²) in [6, 6.07) is 11.0. The molecule has 1 atom stereocenters. The largest absolute Gasteiger partial charge is 0.465 e. The van der Waals surface area contributed by atoms with E-state index in [9.17, 15) is 20.0 Å². The summed E-state index contributed by atoms with van der Waals surface area (Å²) in [6.07, 6.45) is 0.503. The Kier molecular flexibility index (Phi) is 5.85. The van der Waals surface area contributed by atoms with Crippen molar-refractivity contribution >= 4 is 40.2 Å². The fraction of sp³-hybridized carbons (Fsp3) is 0.333. The summed E-state index contributed by atoms with van der Waals surface area (Å²) in [5.74, 6) is 0.250. The lowest BCUT2D eigenvalue weighted by molar-refractivity contribution is 0.0582. The molecule has 170 valence electrons. The molecule has 1 aromatic heterocycles. The van der Waals surface area contributed by atoms with Gasteiger partial charge in [0.15, 0.2) is 0 Å². The summed E-state index contributed by atoms with van der Waals surface area (Å²) in [5, 5.41) is 20.1. The van der Waals surface area contributed by atoms with E-state index in [-0.39, 0.29) is 32.7 Å². The van der Waals surface area contributed by atoms with Crippen molar-refractivity contribution in [1.82, 2.24) is 14.5 Å². The molecule has 1 N–H and O–H groups in total. The van der Waals surface area contributed by atoms with Crippen molar-refractivity contribution in [3.05, 3.63) is 68.2 Å². The quantitative estimate of drug-likeness (QED) is 0.504. The van der Waals surface area contributed by atoms with Gasteiger partial charge in [0.2, 0.25) is 0 Å². The molecule has 1 unspecified atom stereocenters. The maximum Gasteiger partial charge on any atom is 0.408 e. The van der Waals surface area contributed by atoms with E-state index >= 15 is 0 Å². The first kappa shape index (κ1) is 23.1. The Morgan fingerprint density at radius 3 is 2.48 bits per heavy atom. The number of benzene rings is 2. The molecule has 1 saturated carbocycles. The van der Waals surface area contributed by atoms with Crippen molar-refractivity contribution in [2.24, 2.45) is 5.92 Å². The summed E-state index contributed by atoms with van der Waals surface area (Å²) in [7, 11) is 0. The Morgan fingerprint density at radius 1 is 1.24 bits per heavy atom. The first-order chi connectivity index (χ1) is 15.5. The highest BCUT2D eigenvalue weighted by molar-refractivity contribution is 6.39. The first-order valence-corrected chi connectivity index (χ1v) is 11.2. The Hall–Kier alpha value is -3.08. The van der Waals surface area contributed by atoms with Crippen molar-refractivity contribution in [3.8, 4) is 11.8 Å². The van der Waals surface area contributed by atoms with Crippen LogP contribution in [0.3, 0.4) is 0 Å². The number of fused-ring (bicyclic) bond motifs is 1. The van der Waals surface area contributed by atoms with Gasteiger partial charge in [0.05, 0.1) is 44.3 Å². The van der Waals surface area contributed by atoms with Gasteiger partial charge in [0.1, 0.15) is 5.82 Å². The zero-order valence-electron chi connectivity index (χ0n) is 18.3. The molecule has 0 aliphatic heterocycles. The van der Waals surface area contributed by atoms with Crippen LogP contribution in [0.2, 0.25) is 10.0 Å². The number of nitrogens with zero attached hydrogens (tertiary/aromatic N) is 4. The SMILES string of the molecule is CC(C)(C)N(C(=O)O)C(c1nc2c(Cl)ccc(Cl)c2c(=O)n1-c1cccc(C#N)c1)C1CC1. The Balaban J connectivity index is 2.14. The zero-order valence-corrected chi connectivity index (χ0v) is 19.9. The molecule has 1 fully saturated rings. The van der Waals surface area contributed by atoms with E-state index in [1.54, 1.807) is 51.1 Å². The monoisotopic (exact) mass is 484 g/mol. The topological polar surface area (TPSA) is 99.2 Å². The van der Waals surface area contributed by atoms with Gasteiger partial charge in [0, 0.05) is 5.54 Å². The van der Waals surface area contributed by atoms with Gasteiger partial charge in [-0.15, -0.1) is 0 Å². The normalized spacial score (nSPS) is 14.7. The van der Waals surface area contributed by atoms with Crippen LogP contribution in [0.5, 0.6) is 0 Å². The number of nitriles is 1. The summed E-state index contributed by atoms with van der Waals surface area (Å²) in [5.41, 5.74) is -0.242. The van der Waals surface area contributed by atoms with Gasteiger partial charge < -0.3 is 5.11 Å². The van der Waals surface area contributed by atoms with E-state index in [1.165, 1.54) is 15.5 Å². The second-order valence-electron chi connectivity index (χ2n) is 9.13. The number of halogens is 2. The molecule has 1 heterocycles. The van der Waals surface area contributed by atoms with Gasteiger partial charge in [-0.2, -0.15) is 5.26 Å². The first-order valence-electron chi connectivity index (χ1n) is 10.5. The molecular formula is C24H22Cl2N4O3. The van der Waals surface area contributed by atoms with Crippen molar-refractivity contribution in [2.75, 3.05) is 0 Å². The van der Waals surface area contributed by atoms with E-state index in [2.05, 4.69) is 6.07 Å². The minimum Gasteiger partial charge on any atom is -0.465 e. The highest BCUT2D eigenvalue weighted by Crippen LogP contribution is 2.47. The Bertz CT molecular complexity index is 1370. The van der Waals surface area contributed by atoms with Crippen LogP contribution in [0.15, 0.2) is 41.2 Å². The van der Waals surface area contributed by atoms with Crippen LogP contribution in [-0.2, 0) is 0 Å². The van der Waals surface area contributed by atoms with Crippen LogP contribution < -0.4 is 5.56 Å². The van der Waals surface area contributed by atoms with Gasteiger partial charge in [-0.25, -0.2) is 9.78 Å². The van der Waals surface area contributed by atoms with E-state index < -0.39 is 23.2 Å². The summed E-state index contributed by atoms with van der Waals surface area (Å²) >= 11 is 12.8. The van der Waals surface area contributed by atoms with E-state index in [0.29, 0.717) is 11.3 Å². The zero-order chi connectivity index (χ0) is 24.1. The second-order valence-corrected chi connectivity index (χ2v) is 9.95. The molecule has 7 nitrogen and oxygen atoms in total. The Labute approximate surface area is 200 Å². The van der Waals surface area contributed by atoms with E-state index in [4.69, 9.17) is 28.2 Å². The van der Waals surface area contributed by atoms with Gasteiger partial charge in [-0.1, -0.05) is 29.3 Å². The van der Waals surface area contributed by atoms with E-state index in [1.807, 2.05) is 0 Å². The molecule has 9 heteroatoms. The summed E-state index contributed by atoms with van der Waals surface area (Å²) in [6.45, 7) is 5.42. The van der Waals surface area contributed by atoms with Crippen molar-refractivity contribution in [3.63, 3.8) is 0 Å². The second kappa shape index (κ2) is 8.36. The lowest BCUT2D eigenvalue weighted by Gasteiger charge is -2.40. The average Bonchev–Trinajstić information content (AvgIpc) is 3.58. The smallest absolute Gasteiger partial charge is 0.408 e. The predicted octanol–water partition coefficient (Wildman–Crippen LogP) is 5.79. The standard InChI is InChI=1S/C24H22Cl2N4O3/c1-24(2,3)30(23(32)33)20(14-7-8-14)21-28-19-17(26)10-9-16(25)18(19)22(31)29(21)15-6-4-5-13(11-15)12-27/h4-6,9-11,14,20H,7-8H2,1-3H3,(H,32,33). The molecule has 3 aromatic rings. The summed E-state index contributed by atoms with van der Waals surface area (Å²) in [4.78, 5) is 32.4. The van der Waals surface area contributed by atoms with Gasteiger partial charge in [-0.3, -0.25) is 14.3 Å². The van der Waals surface area contributed by atoms with Crippen molar-refractivity contribution in [2.45, 2.75) is 45.2 Å². The van der Waals surface area contributed by atoms with E-state index in [0.717, 1.165) is 12.8 Å². The number of amides is 1. The highest BCUT2D eigenvalue weighted by atomic mass is 35.5. The molecule has 0 bridgehead atoms. The molecule has 33 heavy (non-hydrogen) atoms. The lowest BCUT2D eigenvalue weighted by atomic mass is 9.99. The van der Waals surface area contributed by atoms with Crippen molar-refractivity contribution in [1.29, 1.82) is 5.26 Å². The van der Waals surface area contributed by atoms with Gasteiger partial charge in [-0.05, 0) is 69.9 Å². The average molecular weight is 485 g/mol. The fourth-order valence-corrected chi connectivity index (χ4v) is 4.60. The van der Waals surface area contributed by atoms with Gasteiger partial charge in [0.25, 0.3) is 5.56 Å². The predicted molar refractivity (Wildman–Crippen MR) is 127 cm³/mol. The molecule has 0 spiro atoms. The minimum atomic E-state index is -1.11. The van der Waals surface area contributed by atoms with Crippen LogP contribution in [-0.4, -0.2) is 31.2 Å². The number of carboxylic acid groups (broad SMARTS) is 1. The van der Waals surface area contributed by atoms with Crippen LogP contribution in [0, 0.1) is 17.2 Å². The number of hydrogen-bond donors (Lipinski definition) is 1. The maximum absolute atomic E-state index is 13.8. The maximum atomic E-state index is 13.8. The van der Waals surface area contributed by atoms with Crippen LogP contribution in [0.1, 0.15) is 51.0 Å².